The fraction of sp³-hybridized carbons (Fsp3) is 0.500. The van der Waals surface area contributed by atoms with E-state index in [1.165, 1.54) is 0 Å². The van der Waals surface area contributed by atoms with Gasteiger partial charge in [0, 0.05) is 47.1 Å². The van der Waals surface area contributed by atoms with Crippen LogP contribution in [-0.4, -0.2) is 59.5 Å². The number of piperidine rings is 1. The zero-order valence-electron chi connectivity index (χ0n) is 23.1. The van der Waals surface area contributed by atoms with Crippen LogP contribution >= 0.6 is 23.2 Å². The highest BCUT2D eigenvalue weighted by Gasteiger charge is 2.53. The molecule has 10 heteroatoms. The zero-order valence-corrected chi connectivity index (χ0v) is 25.4. The van der Waals surface area contributed by atoms with Gasteiger partial charge in [-0.3, -0.25) is 14.6 Å². The van der Waals surface area contributed by atoms with Gasteiger partial charge in [-0.15, -0.1) is 0 Å². The van der Waals surface area contributed by atoms with E-state index >= 15 is 0 Å². The number of hydrogen-bond donors (Lipinski definition) is 0. The first kappa shape index (κ1) is 29.2. The minimum absolute atomic E-state index is 0.0167. The molecule has 7 nitrogen and oxygen atoms in total. The third-order valence-corrected chi connectivity index (χ3v) is 10.9. The quantitative estimate of drug-likeness (QED) is 0.332. The van der Waals surface area contributed by atoms with Crippen molar-refractivity contribution in [3.05, 3.63) is 69.2 Å². The van der Waals surface area contributed by atoms with Crippen molar-refractivity contribution in [2.24, 2.45) is 10.4 Å². The highest BCUT2D eigenvalue weighted by atomic mass is 35.5. The second kappa shape index (κ2) is 10.9. The molecule has 214 valence electrons. The molecule has 2 aromatic rings. The number of halogens is 2. The number of aliphatic imine (C=N–C) groups is 1. The van der Waals surface area contributed by atoms with E-state index < -0.39 is 15.7 Å². The van der Waals surface area contributed by atoms with Gasteiger partial charge in [0.1, 0.15) is 17.7 Å². The first-order valence-corrected chi connectivity index (χ1v) is 16.0. The van der Waals surface area contributed by atoms with Crippen molar-refractivity contribution >= 4 is 51.1 Å². The van der Waals surface area contributed by atoms with Crippen LogP contribution in [0.4, 0.5) is 0 Å². The summed E-state index contributed by atoms with van der Waals surface area (Å²) in [4.78, 5) is 32.7. The number of aldehydes is 1. The molecule has 2 aromatic carbocycles. The van der Waals surface area contributed by atoms with Gasteiger partial charge in [-0.25, -0.2) is 12.7 Å². The topological polar surface area (TPSA) is 87.1 Å². The number of rotatable bonds is 8. The molecule has 1 saturated carbocycles. The Hall–Kier alpha value is -2.26. The maximum absolute atomic E-state index is 14.4. The molecule has 1 aliphatic carbocycles. The van der Waals surface area contributed by atoms with Gasteiger partial charge in [-0.05, 0) is 54.9 Å². The molecule has 1 saturated heterocycles. The molecule has 0 N–H and O–H groups in total. The summed E-state index contributed by atoms with van der Waals surface area (Å²) in [6.07, 6.45) is 4.52. The fourth-order valence-electron chi connectivity index (χ4n) is 5.76. The molecule has 5 rings (SSSR count). The van der Waals surface area contributed by atoms with E-state index in [0.29, 0.717) is 66.4 Å². The van der Waals surface area contributed by atoms with Crippen LogP contribution in [-0.2, 0) is 14.8 Å². The lowest BCUT2D eigenvalue weighted by Gasteiger charge is -2.46. The van der Waals surface area contributed by atoms with Crippen LogP contribution in [0.3, 0.4) is 0 Å². The van der Waals surface area contributed by atoms with Gasteiger partial charge in [0.25, 0.3) is 5.91 Å². The molecule has 0 bridgehead atoms. The van der Waals surface area contributed by atoms with Crippen LogP contribution in [0.5, 0.6) is 0 Å². The Labute approximate surface area is 246 Å². The van der Waals surface area contributed by atoms with Gasteiger partial charge < -0.3 is 4.90 Å². The van der Waals surface area contributed by atoms with E-state index in [4.69, 9.17) is 28.2 Å². The summed E-state index contributed by atoms with van der Waals surface area (Å²) in [6.45, 7) is 7.09. The van der Waals surface area contributed by atoms with Crippen LogP contribution in [0.2, 0.25) is 10.0 Å². The average molecular weight is 605 g/mol. The molecular weight excluding hydrogens is 569 g/mol. The van der Waals surface area contributed by atoms with Crippen LogP contribution in [0, 0.1) is 5.41 Å². The van der Waals surface area contributed by atoms with Crippen molar-refractivity contribution in [2.75, 3.05) is 13.1 Å². The Morgan fingerprint density at radius 1 is 1.05 bits per heavy atom. The molecule has 2 fully saturated rings. The molecule has 3 aliphatic rings. The first-order valence-electron chi connectivity index (χ1n) is 13.8. The lowest BCUT2D eigenvalue weighted by Crippen LogP contribution is -2.55. The van der Waals surface area contributed by atoms with Gasteiger partial charge in [-0.1, -0.05) is 68.2 Å². The average Bonchev–Trinajstić information content (AvgIpc) is 3.72. The Kier molecular flexibility index (Phi) is 7.94. The highest BCUT2D eigenvalue weighted by molar-refractivity contribution is 7.90. The normalized spacial score (nSPS) is 20.6. The monoisotopic (exact) mass is 603 g/mol. The summed E-state index contributed by atoms with van der Waals surface area (Å²) in [5, 5.41) is 0.528. The van der Waals surface area contributed by atoms with Gasteiger partial charge in [0.2, 0.25) is 10.0 Å². The van der Waals surface area contributed by atoms with Crippen molar-refractivity contribution in [3.63, 3.8) is 0 Å². The van der Waals surface area contributed by atoms with Crippen LogP contribution in [0.15, 0.2) is 47.5 Å². The molecule has 40 heavy (non-hydrogen) atoms. The maximum atomic E-state index is 14.4. The van der Waals surface area contributed by atoms with E-state index in [1.807, 2.05) is 17.0 Å². The predicted octanol–water partition coefficient (Wildman–Crippen LogP) is 6.29. The van der Waals surface area contributed by atoms with E-state index in [-0.39, 0.29) is 28.3 Å². The SMILES string of the molecule is CC(C)(C)CCC(c1ccc(C=O)cc1)N1C(=O)C(c2cc(Cl)cc(Cl)c2)=NC12CCN(S(=O)(=O)C1CC1)CC2. The number of nitrogens with zero attached hydrogens (tertiary/aromatic N) is 3. The molecule has 2 heterocycles. The third-order valence-electron chi connectivity index (χ3n) is 8.09. The largest absolute Gasteiger partial charge is 0.305 e. The third kappa shape index (κ3) is 5.87. The second-order valence-corrected chi connectivity index (χ2v) is 15.4. The molecular formula is C30H35Cl2N3O4S. The van der Waals surface area contributed by atoms with Gasteiger partial charge >= 0.3 is 0 Å². The molecule has 1 amide bonds. The van der Waals surface area contributed by atoms with Gasteiger partial charge in [0.15, 0.2) is 0 Å². The minimum Gasteiger partial charge on any atom is -0.305 e. The summed E-state index contributed by atoms with van der Waals surface area (Å²) in [6, 6.07) is 12.0. The summed E-state index contributed by atoms with van der Waals surface area (Å²) in [7, 11) is -3.34. The number of sulfonamides is 1. The van der Waals surface area contributed by atoms with E-state index in [9.17, 15) is 18.0 Å². The molecule has 0 aromatic heterocycles. The summed E-state index contributed by atoms with van der Waals surface area (Å²) in [5.41, 5.74) is 1.41. The highest BCUT2D eigenvalue weighted by Crippen LogP contribution is 2.46. The number of amides is 1. The van der Waals surface area contributed by atoms with Gasteiger partial charge in [0.05, 0.1) is 11.3 Å². The van der Waals surface area contributed by atoms with E-state index in [2.05, 4.69) is 20.8 Å². The number of benzene rings is 2. The Balaban J connectivity index is 1.58. The van der Waals surface area contributed by atoms with Crippen LogP contribution in [0.1, 0.15) is 86.8 Å². The summed E-state index contributed by atoms with van der Waals surface area (Å²) in [5.74, 6) is -0.227. The molecule has 1 unspecified atom stereocenters. The van der Waals surface area contributed by atoms with Crippen LogP contribution < -0.4 is 0 Å². The maximum Gasteiger partial charge on any atom is 0.275 e. The minimum atomic E-state index is -3.34. The van der Waals surface area contributed by atoms with Crippen molar-refractivity contribution in [1.82, 2.24) is 9.21 Å². The number of carbonyl (C=O) groups excluding carboxylic acids is 2. The predicted molar refractivity (Wildman–Crippen MR) is 159 cm³/mol. The second-order valence-electron chi connectivity index (χ2n) is 12.3. The summed E-state index contributed by atoms with van der Waals surface area (Å²) >= 11 is 12.6. The van der Waals surface area contributed by atoms with Crippen molar-refractivity contribution in [1.29, 1.82) is 0 Å². The number of carbonyl (C=O) groups is 2. The van der Waals surface area contributed by atoms with Crippen LogP contribution in [0.25, 0.3) is 0 Å². The molecule has 1 atom stereocenters. The lowest BCUT2D eigenvalue weighted by atomic mass is 9.85. The summed E-state index contributed by atoms with van der Waals surface area (Å²) < 4.78 is 27.7. The Morgan fingerprint density at radius 2 is 1.65 bits per heavy atom. The zero-order chi connectivity index (χ0) is 28.9. The molecule has 1 spiro atoms. The first-order chi connectivity index (χ1) is 18.8. The number of hydrogen-bond acceptors (Lipinski definition) is 5. The standard InChI is InChI=1S/C30H35Cl2N3O4S/c1-29(2,3)11-10-26(21-6-4-20(19-36)5-7-21)35-28(37)27(22-16-23(31)18-24(32)17-22)33-30(35)12-14-34(15-13-30)40(38,39)25-8-9-25/h4-7,16-19,25-26H,8-15H2,1-3H3. The van der Waals surface area contributed by atoms with E-state index in [0.717, 1.165) is 18.3 Å². The Morgan fingerprint density at radius 3 is 2.17 bits per heavy atom. The Bertz CT molecular complexity index is 1420. The fourth-order valence-corrected chi connectivity index (χ4v) is 8.13. The van der Waals surface area contributed by atoms with Crippen molar-refractivity contribution in [2.45, 2.75) is 76.3 Å². The van der Waals surface area contributed by atoms with Gasteiger partial charge in [-0.2, -0.15) is 0 Å². The van der Waals surface area contributed by atoms with Crippen molar-refractivity contribution in [3.8, 4) is 0 Å². The molecule has 0 radical (unpaired) electrons. The lowest BCUT2D eigenvalue weighted by molar-refractivity contribution is -0.133. The smallest absolute Gasteiger partial charge is 0.275 e. The van der Waals surface area contributed by atoms with Crippen molar-refractivity contribution < 1.29 is 18.0 Å². The van der Waals surface area contributed by atoms with E-state index in [1.54, 1.807) is 34.6 Å². The molecule has 2 aliphatic heterocycles.